The van der Waals surface area contributed by atoms with Crippen molar-refractivity contribution in [1.82, 2.24) is 4.98 Å². The van der Waals surface area contributed by atoms with Gasteiger partial charge in [-0.15, -0.1) is 35.9 Å². The zero-order chi connectivity index (χ0) is 17.5. The molecule has 0 saturated carbocycles. The molecule has 0 aliphatic carbocycles. The molecule has 0 unspecified atom stereocenters. The molecular formula is C17H15F3IrNO2-. The number of carbonyl (C=O) groups is 1. The van der Waals surface area contributed by atoms with Crippen molar-refractivity contribution in [1.29, 1.82) is 0 Å². The molecule has 131 valence electrons. The third-order valence-corrected chi connectivity index (χ3v) is 2.49. The SMILES string of the molecule is CC(=O)/C=C(/C)O.FC(F)(F)c1cccnc1-c1[c-]cccc1.[Ir]. The molecule has 0 atom stereocenters. The van der Waals surface area contributed by atoms with Crippen molar-refractivity contribution in [3.05, 3.63) is 66.1 Å². The molecule has 1 aromatic heterocycles. The molecule has 2 aromatic rings. The monoisotopic (exact) mass is 515 g/mol. The van der Waals surface area contributed by atoms with Gasteiger partial charge < -0.3 is 10.1 Å². The van der Waals surface area contributed by atoms with E-state index < -0.39 is 11.7 Å². The number of hydrogen-bond donors (Lipinski definition) is 1. The minimum Gasteiger partial charge on any atom is -0.512 e. The maximum Gasteiger partial charge on any atom is 0.409 e. The average molecular weight is 515 g/mol. The van der Waals surface area contributed by atoms with Gasteiger partial charge in [-0.3, -0.25) is 4.79 Å². The third-order valence-electron chi connectivity index (χ3n) is 2.49. The van der Waals surface area contributed by atoms with Gasteiger partial charge in [0.15, 0.2) is 5.78 Å². The number of allylic oxidation sites excluding steroid dienone is 2. The van der Waals surface area contributed by atoms with Crippen LogP contribution in [0.15, 0.2) is 54.4 Å². The summed E-state index contributed by atoms with van der Waals surface area (Å²) in [6.07, 6.45) is -1.89. The van der Waals surface area contributed by atoms with Crippen molar-refractivity contribution in [2.75, 3.05) is 0 Å². The minimum atomic E-state index is -4.40. The number of hydrogen-bond acceptors (Lipinski definition) is 3. The van der Waals surface area contributed by atoms with Gasteiger partial charge in [0.05, 0.1) is 5.76 Å². The van der Waals surface area contributed by atoms with Gasteiger partial charge in [0.1, 0.15) is 0 Å². The fraction of sp³-hybridized carbons (Fsp3) is 0.176. The first-order chi connectivity index (χ1) is 10.7. The Balaban J connectivity index is 0.000000570. The van der Waals surface area contributed by atoms with E-state index in [1.807, 2.05) is 0 Å². The molecule has 0 bridgehead atoms. The second kappa shape index (κ2) is 10.0. The zero-order valence-corrected chi connectivity index (χ0v) is 15.3. The van der Waals surface area contributed by atoms with Crippen LogP contribution in [0.1, 0.15) is 19.4 Å². The number of rotatable bonds is 2. The molecular weight excluding hydrogens is 499 g/mol. The van der Waals surface area contributed by atoms with Gasteiger partial charge in [-0.1, -0.05) is 6.07 Å². The van der Waals surface area contributed by atoms with Crippen LogP contribution in [0.25, 0.3) is 11.3 Å². The van der Waals surface area contributed by atoms with Gasteiger partial charge in [0.2, 0.25) is 0 Å². The van der Waals surface area contributed by atoms with Crippen LogP contribution in [0.5, 0.6) is 0 Å². The Morgan fingerprint density at radius 3 is 2.29 bits per heavy atom. The maximum atomic E-state index is 12.7. The van der Waals surface area contributed by atoms with Crippen LogP contribution < -0.4 is 0 Å². The Morgan fingerprint density at radius 1 is 1.21 bits per heavy atom. The summed E-state index contributed by atoms with van der Waals surface area (Å²) in [6, 6.07) is 11.5. The minimum absolute atomic E-state index is 0. The molecule has 2 rings (SSSR count). The van der Waals surface area contributed by atoms with Gasteiger partial charge in [-0.25, -0.2) is 0 Å². The molecule has 1 aromatic carbocycles. The van der Waals surface area contributed by atoms with Gasteiger partial charge >= 0.3 is 6.18 Å². The summed E-state index contributed by atoms with van der Waals surface area (Å²) in [5.41, 5.74) is -0.483. The van der Waals surface area contributed by atoms with Crippen molar-refractivity contribution in [3.63, 3.8) is 0 Å². The molecule has 0 amide bonds. The van der Waals surface area contributed by atoms with Crippen molar-refractivity contribution in [3.8, 4) is 11.3 Å². The Hall–Kier alpha value is -1.98. The van der Waals surface area contributed by atoms with Crippen molar-refractivity contribution >= 4 is 5.78 Å². The summed E-state index contributed by atoms with van der Waals surface area (Å²) in [5, 5.41) is 8.36. The molecule has 7 heteroatoms. The summed E-state index contributed by atoms with van der Waals surface area (Å²) < 4.78 is 38.0. The van der Waals surface area contributed by atoms with E-state index in [0.29, 0.717) is 5.56 Å². The van der Waals surface area contributed by atoms with Crippen LogP contribution in [0.4, 0.5) is 13.2 Å². The number of benzene rings is 1. The standard InChI is InChI=1S/C12H7F3N.C5H8O2.Ir/c13-12(14,15)10-7-4-8-16-11(10)9-5-2-1-3-6-9;1-4(6)3-5(2)7;/h1-5,7-8H;3,6H,1-2H3;/q-1;;/b;4-3-;. The van der Waals surface area contributed by atoms with Crippen LogP contribution in [0, 0.1) is 6.07 Å². The predicted molar refractivity (Wildman–Crippen MR) is 80.6 cm³/mol. The second-order valence-electron chi connectivity index (χ2n) is 4.57. The van der Waals surface area contributed by atoms with E-state index in [2.05, 4.69) is 11.1 Å². The Labute approximate surface area is 151 Å². The normalized spacial score (nSPS) is 11.0. The topological polar surface area (TPSA) is 50.2 Å². The van der Waals surface area contributed by atoms with E-state index in [0.717, 1.165) is 6.07 Å². The van der Waals surface area contributed by atoms with E-state index in [1.165, 1.54) is 32.2 Å². The molecule has 0 aliphatic heterocycles. The Morgan fingerprint density at radius 2 is 1.88 bits per heavy atom. The third kappa shape index (κ3) is 7.53. The summed E-state index contributed by atoms with van der Waals surface area (Å²) in [5.74, 6) is -0.0625. The largest absolute Gasteiger partial charge is 0.512 e. The van der Waals surface area contributed by atoms with Gasteiger partial charge in [-0.2, -0.15) is 13.2 Å². The number of aliphatic hydroxyl groups is 1. The summed E-state index contributed by atoms with van der Waals surface area (Å²) in [6.45, 7) is 2.85. The maximum absolute atomic E-state index is 12.7. The number of pyridine rings is 1. The van der Waals surface area contributed by atoms with Crippen molar-refractivity contribution in [2.45, 2.75) is 20.0 Å². The van der Waals surface area contributed by atoms with Crippen molar-refractivity contribution < 1.29 is 43.2 Å². The van der Waals surface area contributed by atoms with Gasteiger partial charge in [0.25, 0.3) is 0 Å². The fourth-order valence-electron chi connectivity index (χ4n) is 1.68. The molecule has 1 N–H and O–H groups in total. The molecule has 0 fully saturated rings. The van der Waals surface area contributed by atoms with E-state index in [-0.39, 0.29) is 37.3 Å². The van der Waals surface area contributed by atoms with Crippen LogP contribution >= 0.6 is 0 Å². The molecule has 1 radical (unpaired) electrons. The number of halogens is 3. The number of aromatic nitrogens is 1. The molecule has 24 heavy (non-hydrogen) atoms. The first kappa shape index (κ1) is 22.0. The van der Waals surface area contributed by atoms with E-state index in [4.69, 9.17) is 5.11 Å². The Kier molecular flexibility index (Phi) is 9.18. The zero-order valence-electron chi connectivity index (χ0n) is 12.9. The average Bonchev–Trinajstić information content (AvgIpc) is 2.46. The quantitative estimate of drug-likeness (QED) is 0.362. The molecule has 0 saturated heterocycles. The van der Waals surface area contributed by atoms with Gasteiger partial charge in [0, 0.05) is 43.6 Å². The summed E-state index contributed by atoms with van der Waals surface area (Å²) >= 11 is 0. The number of carbonyl (C=O) groups excluding carboxylic acids is 1. The fourth-order valence-corrected chi connectivity index (χ4v) is 1.68. The smallest absolute Gasteiger partial charge is 0.409 e. The van der Waals surface area contributed by atoms with Gasteiger partial charge in [-0.05, 0) is 19.9 Å². The van der Waals surface area contributed by atoms with E-state index >= 15 is 0 Å². The van der Waals surface area contributed by atoms with Crippen LogP contribution in [0.3, 0.4) is 0 Å². The first-order valence-electron chi connectivity index (χ1n) is 6.59. The van der Waals surface area contributed by atoms with E-state index in [9.17, 15) is 18.0 Å². The van der Waals surface area contributed by atoms with Crippen LogP contribution in [-0.2, 0) is 31.1 Å². The summed E-state index contributed by atoms with van der Waals surface area (Å²) in [7, 11) is 0. The molecule has 3 nitrogen and oxygen atoms in total. The van der Waals surface area contributed by atoms with Crippen LogP contribution in [-0.4, -0.2) is 15.9 Å². The predicted octanol–water partition coefficient (Wildman–Crippen LogP) is 4.60. The number of aliphatic hydroxyl groups excluding tert-OH is 1. The van der Waals surface area contributed by atoms with E-state index in [1.54, 1.807) is 24.3 Å². The molecule has 0 spiro atoms. The number of nitrogens with zero attached hydrogens (tertiary/aromatic N) is 1. The van der Waals surface area contributed by atoms with Crippen molar-refractivity contribution in [2.24, 2.45) is 0 Å². The summed E-state index contributed by atoms with van der Waals surface area (Å²) in [4.78, 5) is 13.8. The first-order valence-corrected chi connectivity index (χ1v) is 6.59. The molecule has 0 aliphatic rings. The molecule has 1 heterocycles. The number of ketones is 1. The number of alkyl halides is 3. The second-order valence-corrected chi connectivity index (χ2v) is 4.57. The Bertz CT molecular complexity index is 682. The van der Waals surface area contributed by atoms with Crippen LogP contribution in [0.2, 0.25) is 0 Å².